The van der Waals surface area contributed by atoms with Crippen molar-refractivity contribution in [2.45, 2.75) is 26.0 Å². The van der Waals surface area contributed by atoms with Gasteiger partial charge in [-0.05, 0) is 6.92 Å². The number of hydrogen-bond acceptors (Lipinski definition) is 4. The van der Waals surface area contributed by atoms with Crippen LogP contribution < -0.4 is 0 Å². The third-order valence-corrected chi connectivity index (χ3v) is 1.36. The standard InChI is InChI=1S/C8H11NO4/c1-5(9-3)7(10)13-6(2)8(11)12-4/h5-6H,1-2,4H3/t5-,6+/m0/s1. The minimum absolute atomic E-state index is 0.634. The molecule has 0 aromatic carbocycles. The first-order valence-corrected chi connectivity index (χ1v) is 3.67. The lowest BCUT2D eigenvalue weighted by atomic mass is 10.3. The molecule has 0 aromatic heterocycles. The number of ether oxygens (including phenoxy) is 2. The van der Waals surface area contributed by atoms with E-state index in [1.807, 2.05) is 0 Å². The Kier molecular flexibility index (Phi) is 4.52. The summed E-state index contributed by atoms with van der Waals surface area (Å²) in [6.07, 6.45) is -0.957. The van der Waals surface area contributed by atoms with E-state index >= 15 is 0 Å². The molecular weight excluding hydrogens is 174 g/mol. The van der Waals surface area contributed by atoms with Crippen LogP contribution in [0.25, 0.3) is 4.85 Å². The molecule has 0 fully saturated rings. The normalized spacial score (nSPS) is 13.7. The maximum absolute atomic E-state index is 11.0. The van der Waals surface area contributed by atoms with Gasteiger partial charge in [-0.15, -0.1) is 0 Å². The maximum Gasteiger partial charge on any atom is 0.390 e. The lowest BCUT2D eigenvalue weighted by Gasteiger charge is -2.09. The van der Waals surface area contributed by atoms with E-state index in [2.05, 4.69) is 14.3 Å². The highest BCUT2D eigenvalue weighted by Crippen LogP contribution is 1.99. The number of carbonyl (C=O) groups is 2. The van der Waals surface area contributed by atoms with Gasteiger partial charge in [0, 0.05) is 6.92 Å². The van der Waals surface area contributed by atoms with E-state index in [4.69, 9.17) is 6.57 Å². The molecule has 0 amide bonds. The highest BCUT2D eigenvalue weighted by Gasteiger charge is 2.25. The lowest BCUT2D eigenvalue weighted by Crippen LogP contribution is -2.29. The van der Waals surface area contributed by atoms with Gasteiger partial charge in [-0.25, -0.2) is 16.2 Å². The average Bonchev–Trinajstić information content (AvgIpc) is 2.14. The van der Waals surface area contributed by atoms with Gasteiger partial charge in [-0.3, -0.25) is 0 Å². The van der Waals surface area contributed by atoms with Crippen molar-refractivity contribution in [2.75, 3.05) is 7.11 Å². The van der Waals surface area contributed by atoms with Crippen LogP contribution >= 0.6 is 0 Å². The summed E-state index contributed by atoms with van der Waals surface area (Å²) in [4.78, 5) is 24.7. The first-order chi connectivity index (χ1) is 6.02. The van der Waals surface area contributed by atoms with E-state index in [9.17, 15) is 9.59 Å². The molecule has 0 rings (SSSR count). The summed E-state index contributed by atoms with van der Waals surface area (Å²) >= 11 is 0. The monoisotopic (exact) mass is 185 g/mol. The Hall–Kier alpha value is -1.57. The zero-order valence-electron chi connectivity index (χ0n) is 7.73. The van der Waals surface area contributed by atoms with Gasteiger partial charge in [0.2, 0.25) is 0 Å². The Morgan fingerprint density at radius 1 is 1.31 bits per heavy atom. The fourth-order valence-corrected chi connectivity index (χ4v) is 0.539. The van der Waals surface area contributed by atoms with Crippen molar-refractivity contribution >= 4 is 11.9 Å². The van der Waals surface area contributed by atoms with Crippen LogP contribution in [-0.4, -0.2) is 31.2 Å². The third-order valence-electron chi connectivity index (χ3n) is 1.36. The molecule has 0 heterocycles. The van der Waals surface area contributed by atoms with Crippen LogP contribution in [0.1, 0.15) is 13.8 Å². The zero-order chi connectivity index (χ0) is 10.4. The van der Waals surface area contributed by atoms with Crippen LogP contribution in [0.15, 0.2) is 0 Å². The van der Waals surface area contributed by atoms with Crippen molar-refractivity contribution < 1.29 is 19.1 Å². The number of esters is 2. The Bertz CT molecular complexity index is 243. The highest BCUT2D eigenvalue weighted by atomic mass is 16.6. The smallest absolute Gasteiger partial charge is 0.390 e. The number of carbonyl (C=O) groups excluding carboxylic acids is 2. The van der Waals surface area contributed by atoms with Crippen LogP contribution in [-0.2, 0) is 19.1 Å². The van der Waals surface area contributed by atoms with E-state index in [0.29, 0.717) is 0 Å². The summed E-state index contributed by atoms with van der Waals surface area (Å²) in [6, 6.07) is -0.882. The summed E-state index contributed by atoms with van der Waals surface area (Å²) in [5, 5.41) is 0. The van der Waals surface area contributed by atoms with E-state index in [1.54, 1.807) is 0 Å². The Labute approximate surface area is 76.4 Å². The van der Waals surface area contributed by atoms with Gasteiger partial charge >= 0.3 is 18.0 Å². The van der Waals surface area contributed by atoms with Gasteiger partial charge in [-0.2, -0.15) is 0 Å². The van der Waals surface area contributed by atoms with E-state index in [1.165, 1.54) is 21.0 Å². The molecule has 2 atom stereocenters. The summed E-state index contributed by atoms with van der Waals surface area (Å²) in [5.74, 6) is -1.35. The fourth-order valence-electron chi connectivity index (χ4n) is 0.539. The molecular formula is C8H11NO4. The zero-order valence-corrected chi connectivity index (χ0v) is 7.73. The number of rotatable bonds is 3. The van der Waals surface area contributed by atoms with Crippen molar-refractivity contribution in [3.05, 3.63) is 11.4 Å². The molecule has 0 aromatic rings. The van der Waals surface area contributed by atoms with E-state index < -0.39 is 24.1 Å². The van der Waals surface area contributed by atoms with Gasteiger partial charge < -0.3 is 14.3 Å². The van der Waals surface area contributed by atoms with Gasteiger partial charge in [0.25, 0.3) is 0 Å². The molecule has 0 unspecified atom stereocenters. The molecule has 0 aliphatic heterocycles. The van der Waals surface area contributed by atoms with Crippen LogP contribution in [0.4, 0.5) is 0 Å². The number of nitrogens with zero attached hydrogens (tertiary/aromatic N) is 1. The summed E-state index contributed by atoms with van der Waals surface area (Å²) < 4.78 is 8.96. The molecule has 72 valence electrons. The van der Waals surface area contributed by atoms with Gasteiger partial charge in [0.1, 0.15) is 0 Å². The average molecular weight is 185 g/mol. The molecule has 0 radical (unpaired) electrons. The second-order valence-electron chi connectivity index (χ2n) is 2.41. The SMILES string of the molecule is [C-]#[N+][C@@H](C)C(=O)O[C@H](C)C(=O)OC. The quantitative estimate of drug-likeness (QED) is 0.471. The first kappa shape index (κ1) is 11.4. The minimum atomic E-state index is -0.957. The molecule has 0 bridgehead atoms. The predicted octanol–water partition coefficient (Wildman–Crippen LogP) is 0.399. The second kappa shape index (κ2) is 5.14. The van der Waals surface area contributed by atoms with Crippen molar-refractivity contribution in [3.63, 3.8) is 0 Å². The topological polar surface area (TPSA) is 57.0 Å². The van der Waals surface area contributed by atoms with E-state index in [0.717, 1.165) is 0 Å². The second-order valence-corrected chi connectivity index (χ2v) is 2.41. The van der Waals surface area contributed by atoms with Crippen molar-refractivity contribution in [1.82, 2.24) is 0 Å². The van der Waals surface area contributed by atoms with Crippen molar-refractivity contribution in [1.29, 1.82) is 0 Å². The third kappa shape index (κ3) is 3.56. The molecule has 0 saturated carbocycles. The van der Waals surface area contributed by atoms with Crippen molar-refractivity contribution in [3.8, 4) is 0 Å². The lowest BCUT2D eigenvalue weighted by molar-refractivity contribution is -0.164. The summed E-state index contributed by atoms with van der Waals surface area (Å²) in [6.45, 7) is 9.33. The highest BCUT2D eigenvalue weighted by molar-refractivity contribution is 5.82. The van der Waals surface area contributed by atoms with Gasteiger partial charge in [0.15, 0.2) is 6.10 Å². The predicted molar refractivity (Wildman–Crippen MR) is 43.6 cm³/mol. The maximum atomic E-state index is 11.0. The summed E-state index contributed by atoms with van der Waals surface area (Å²) in [5.41, 5.74) is 0. The molecule has 0 saturated heterocycles. The summed E-state index contributed by atoms with van der Waals surface area (Å²) in [7, 11) is 1.20. The first-order valence-electron chi connectivity index (χ1n) is 3.67. The number of methoxy groups -OCH3 is 1. The van der Waals surface area contributed by atoms with Crippen LogP contribution in [0.3, 0.4) is 0 Å². The molecule has 5 heteroatoms. The molecule has 0 spiro atoms. The Morgan fingerprint density at radius 2 is 1.85 bits per heavy atom. The van der Waals surface area contributed by atoms with Crippen LogP contribution in [0.5, 0.6) is 0 Å². The Morgan fingerprint density at radius 3 is 2.23 bits per heavy atom. The number of hydrogen-bond donors (Lipinski definition) is 0. The molecule has 13 heavy (non-hydrogen) atoms. The largest absolute Gasteiger partial charge is 0.466 e. The van der Waals surface area contributed by atoms with E-state index in [-0.39, 0.29) is 0 Å². The minimum Gasteiger partial charge on any atom is -0.466 e. The Balaban J connectivity index is 4.08. The van der Waals surface area contributed by atoms with Crippen LogP contribution in [0.2, 0.25) is 0 Å². The van der Waals surface area contributed by atoms with Crippen LogP contribution in [0, 0.1) is 6.57 Å². The molecule has 5 nitrogen and oxygen atoms in total. The molecule has 0 aliphatic carbocycles. The molecule has 0 aliphatic rings. The fraction of sp³-hybridized carbons (Fsp3) is 0.625. The van der Waals surface area contributed by atoms with Gasteiger partial charge in [0.05, 0.1) is 7.11 Å². The molecule has 0 N–H and O–H groups in total. The van der Waals surface area contributed by atoms with Gasteiger partial charge in [-0.1, -0.05) is 0 Å². The van der Waals surface area contributed by atoms with Crippen molar-refractivity contribution in [2.24, 2.45) is 0 Å².